The number of hydrogen-bond acceptors (Lipinski definition) is 6. The van der Waals surface area contributed by atoms with E-state index in [1.54, 1.807) is 36.6 Å². The smallest absolute Gasteiger partial charge is 0.266 e. The number of amides is 1. The third-order valence-corrected chi connectivity index (χ3v) is 6.24. The lowest BCUT2D eigenvalue weighted by Crippen LogP contribution is -2.27. The van der Waals surface area contributed by atoms with Crippen LogP contribution in [0.5, 0.6) is 11.5 Å². The van der Waals surface area contributed by atoms with Crippen molar-refractivity contribution in [3.8, 4) is 11.5 Å². The molecule has 0 N–H and O–H groups in total. The Balaban J connectivity index is 1.44. The fourth-order valence-electron chi connectivity index (χ4n) is 3.12. The molecule has 2 heterocycles. The monoisotopic (exact) mass is 485 g/mol. The van der Waals surface area contributed by atoms with Crippen LogP contribution in [0.15, 0.2) is 70.2 Å². The molecule has 0 radical (unpaired) electrons. The minimum absolute atomic E-state index is 0.176. The third-order valence-electron chi connectivity index (χ3n) is 4.63. The number of thiocarbonyl (C=S) groups is 1. The second-order valence-corrected chi connectivity index (χ2v) is 9.15. The molecule has 1 saturated heterocycles. The molecule has 0 bridgehead atoms. The molecule has 0 aliphatic carbocycles. The van der Waals surface area contributed by atoms with Gasteiger partial charge in [-0.1, -0.05) is 47.7 Å². The molecule has 0 spiro atoms. The summed E-state index contributed by atoms with van der Waals surface area (Å²) in [6, 6.07) is 16.7. The Labute approximate surface area is 200 Å². The van der Waals surface area contributed by atoms with Crippen molar-refractivity contribution >= 4 is 51.9 Å². The van der Waals surface area contributed by atoms with E-state index in [-0.39, 0.29) is 5.91 Å². The lowest BCUT2D eigenvalue weighted by atomic mass is 10.2. The number of furan rings is 1. The summed E-state index contributed by atoms with van der Waals surface area (Å²) in [6.45, 7) is 3.04. The maximum absolute atomic E-state index is 12.9. The zero-order chi connectivity index (χ0) is 22.5. The Hall–Kier alpha value is -2.74. The first-order valence-electron chi connectivity index (χ1n) is 9.89. The number of rotatable bonds is 8. The Bertz CT molecular complexity index is 1160. The van der Waals surface area contributed by atoms with Gasteiger partial charge in [-0.25, -0.2) is 0 Å². The normalized spacial score (nSPS) is 14.9. The van der Waals surface area contributed by atoms with Gasteiger partial charge in [0.05, 0.1) is 17.7 Å². The van der Waals surface area contributed by atoms with E-state index in [1.165, 1.54) is 16.7 Å². The SMILES string of the molecule is Cc1cccc(OCCOc2ccc(Cl)cc2C=C2SC(=S)N(Cc3ccco3)C2=O)c1. The predicted molar refractivity (Wildman–Crippen MR) is 131 cm³/mol. The van der Waals surface area contributed by atoms with Crippen LogP contribution < -0.4 is 9.47 Å². The predicted octanol–water partition coefficient (Wildman–Crippen LogP) is 6.10. The Morgan fingerprint density at radius 3 is 2.75 bits per heavy atom. The van der Waals surface area contributed by atoms with Crippen LogP contribution in [-0.2, 0) is 11.3 Å². The third kappa shape index (κ3) is 5.54. The van der Waals surface area contributed by atoms with Crippen LogP contribution in [0.4, 0.5) is 0 Å². The van der Waals surface area contributed by atoms with Gasteiger partial charge in [-0.3, -0.25) is 9.69 Å². The summed E-state index contributed by atoms with van der Waals surface area (Å²) in [5.74, 6) is 1.90. The number of nitrogens with zero attached hydrogens (tertiary/aromatic N) is 1. The van der Waals surface area contributed by atoms with Crippen molar-refractivity contribution < 1.29 is 18.7 Å². The van der Waals surface area contributed by atoms with Crippen molar-refractivity contribution in [2.75, 3.05) is 13.2 Å². The molecule has 2 aromatic carbocycles. The van der Waals surface area contributed by atoms with Gasteiger partial charge in [0, 0.05) is 10.6 Å². The maximum atomic E-state index is 12.9. The van der Waals surface area contributed by atoms with Crippen LogP contribution in [0.1, 0.15) is 16.9 Å². The zero-order valence-electron chi connectivity index (χ0n) is 17.2. The zero-order valence-corrected chi connectivity index (χ0v) is 19.6. The summed E-state index contributed by atoms with van der Waals surface area (Å²) >= 11 is 12.8. The van der Waals surface area contributed by atoms with Crippen molar-refractivity contribution in [1.29, 1.82) is 0 Å². The Morgan fingerprint density at radius 1 is 1.12 bits per heavy atom. The molecule has 8 heteroatoms. The summed E-state index contributed by atoms with van der Waals surface area (Å²) in [4.78, 5) is 14.9. The van der Waals surface area contributed by atoms with Crippen LogP contribution in [0.2, 0.25) is 5.02 Å². The van der Waals surface area contributed by atoms with Crippen LogP contribution in [0.3, 0.4) is 0 Å². The second kappa shape index (κ2) is 10.3. The molecule has 1 aliphatic rings. The quantitative estimate of drug-likeness (QED) is 0.218. The standard InChI is InChI=1S/C24H20ClNO4S2/c1-16-4-2-5-19(12-16)29-10-11-30-21-8-7-18(25)13-17(21)14-22-23(27)26(24(31)32-22)15-20-6-3-9-28-20/h2-9,12-14H,10-11,15H2,1H3. The van der Waals surface area contributed by atoms with Crippen LogP contribution >= 0.6 is 35.6 Å². The molecule has 4 rings (SSSR count). The molecule has 0 saturated carbocycles. The van der Waals surface area contributed by atoms with Gasteiger partial charge in [0.2, 0.25) is 0 Å². The highest BCUT2D eigenvalue weighted by molar-refractivity contribution is 8.26. The van der Waals surface area contributed by atoms with E-state index < -0.39 is 0 Å². The summed E-state index contributed by atoms with van der Waals surface area (Å²) in [7, 11) is 0. The highest BCUT2D eigenvalue weighted by Crippen LogP contribution is 2.36. The number of benzene rings is 2. The highest BCUT2D eigenvalue weighted by atomic mass is 35.5. The number of carbonyl (C=O) groups excluding carboxylic acids is 1. The molecule has 1 aromatic heterocycles. The molecule has 5 nitrogen and oxygen atoms in total. The first kappa shape index (κ1) is 22.5. The van der Waals surface area contributed by atoms with Crippen LogP contribution in [0.25, 0.3) is 6.08 Å². The Morgan fingerprint density at radius 2 is 1.97 bits per heavy atom. The molecular formula is C24H20ClNO4S2. The van der Waals surface area contributed by atoms with Gasteiger partial charge in [-0.05, 0) is 61.0 Å². The van der Waals surface area contributed by atoms with E-state index in [0.717, 1.165) is 11.3 Å². The van der Waals surface area contributed by atoms with Gasteiger partial charge in [-0.2, -0.15) is 0 Å². The number of hydrogen-bond donors (Lipinski definition) is 0. The van der Waals surface area contributed by atoms with Gasteiger partial charge in [0.15, 0.2) is 0 Å². The fourth-order valence-corrected chi connectivity index (χ4v) is 4.54. The molecule has 0 unspecified atom stereocenters. The minimum atomic E-state index is -0.176. The minimum Gasteiger partial charge on any atom is -0.490 e. The van der Waals surface area contributed by atoms with Crippen molar-refractivity contribution in [3.05, 3.63) is 87.7 Å². The Kier molecular flexibility index (Phi) is 7.19. The molecule has 3 aromatic rings. The average molecular weight is 486 g/mol. The van der Waals surface area contributed by atoms with Gasteiger partial charge < -0.3 is 13.9 Å². The van der Waals surface area contributed by atoms with Crippen molar-refractivity contribution in [1.82, 2.24) is 4.90 Å². The van der Waals surface area contributed by atoms with E-state index in [9.17, 15) is 4.79 Å². The van der Waals surface area contributed by atoms with Crippen LogP contribution in [0, 0.1) is 6.92 Å². The van der Waals surface area contributed by atoms with Crippen molar-refractivity contribution in [2.24, 2.45) is 0 Å². The molecule has 0 atom stereocenters. The summed E-state index contributed by atoms with van der Waals surface area (Å²) in [5, 5.41) is 0.547. The van der Waals surface area contributed by atoms with Crippen molar-refractivity contribution in [3.63, 3.8) is 0 Å². The molecule has 164 valence electrons. The lowest BCUT2D eigenvalue weighted by Gasteiger charge is -2.12. The van der Waals surface area contributed by atoms with Crippen molar-refractivity contribution in [2.45, 2.75) is 13.5 Å². The van der Waals surface area contributed by atoms with E-state index in [2.05, 4.69) is 0 Å². The largest absolute Gasteiger partial charge is 0.490 e. The van der Waals surface area contributed by atoms with E-state index in [0.29, 0.717) is 51.1 Å². The topological polar surface area (TPSA) is 51.9 Å². The fraction of sp³-hybridized carbons (Fsp3) is 0.167. The van der Waals surface area contributed by atoms with E-state index >= 15 is 0 Å². The first-order chi connectivity index (χ1) is 15.5. The first-order valence-corrected chi connectivity index (χ1v) is 11.5. The second-order valence-electron chi connectivity index (χ2n) is 7.04. The summed E-state index contributed by atoms with van der Waals surface area (Å²) in [6.07, 6.45) is 3.32. The number of ether oxygens (including phenoxy) is 2. The average Bonchev–Trinajstić information content (AvgIpc) is 3.37. The summed E-state index contributed by atoms with van der Waals surface area (Å²) in [5.41, 5.74) is 1.83. The maximum Gasteiger partial charge on any atom is 0.266 e. The van der Waals surface area contributed by atoms with Gasteiger partial charge in [0.25, 0.3) is 5.91 Å². The number of aryl methyl sites for hydroxylation is 1. The van der Waals surface area contributed by atoms with E-state index in [1.807, 2.05) is 37.3 Å². The lowest BCUT2D eigenvalue weighted by molar-refractivity contribution is -0.122. The molecule has 32 heavy (non-hydrogen) atoms. The summed E-state index contributed by atoms with van der Waals surface area (Å²) < 4.78 is 17.5. The number of carbonyl (C=O) groups is 1. The highest BCUT2D eigenvalue weighted by Gasteiger charge is 2.32. The number of halogens is 1. The molecule has 1 fully saturated rings. The van der Waals surface area contributed by atoms with Crippen LogP contribution in [-0.4, -0.2) is 28.3 Å². The van der Waals surface area contributed by atoms with Gasteiger partial charge in [-0.15, -0.1) is 0 Å². The number of thioether (sulfide) groups is 1. The molecular weight excluding hydrogens is 466 g/mol. The van der Waals surface area contributed by atoms with Gasteiger partial charge in [0.1, 0.15) is 34.8 Å². The molecule has 1 amide bonds. The van der Waals surface area contributed by atoms with Gasteiger partial charge >= 0.3 is 0 Å². The molecule has 1 aliphatic heterocycles. The van der Waals surface area contributed by atoms with E-state index in [4.69, 9.17) is 37.7 Å².